The number of aliphatic hydroxyl groups is 1. The van der Waals surface area contributed by atoms with E-state index < -0.39 is 0 Å². The zero-order valence-electron chi connectivity index (χ0n) is 13.4. The van der Waals surface area contributed by atoms with Crippen molar-refractivity contribution < 1.29 is 9.90 Å². The van der Waals surface area contributed by atoms with E-state index in [2.05, 4.69) is 19.9 Å². The average Bonchev–Trinajstić information content (AvgIpc) is 2.76. The van der Waals surface area contributed by atoms with Gasteiger partial charge in [-0.3, -0.25) is 4.79 Å². The van der Waals surface area contributed by atoms with Crippen LogP contribution in [0.3, 0.4) is 0 Å². The van der Waals surface area contributed by atoms with E-state index in [-0.39, 0.29) is 11.5 Å². The molecule has 0 bridgehead atoms. The van der Waals surface area contributed by atoms with Crippen molar-refractivity contribution >= 4 is 5.78 Å². The molecular weight excluding hydrogens is 260 g/mol. The second-order valence-corrected chi connectivity index (χ2v) is 8.55. The lowest BCUT2D eigenvalue weighted by atomic mass is 9.47. The van der Waals surface area contributed by atoms with E-state index in [1.54, 1.807) is 0 Å². The number of hydrogen-bond donors (Lipinski definition) is 1. The standard InChI is InChI=1S/C19H28O2/c1-18-9-7-13(20)11-12(18)3-4-14-15-5-6-17(21)19(15,2)10-8-16(14)18/h11,13-16,20H,3-10H2,1-2H3/t13?,14?,15?,16?,18-,19-/m0/s1. The Morgan fingerprint density at radius 1 is 1.00 bits per heavy atom. The molecule has 4 aliphatic rings. The van der Waals surface area contributed by atoms with E-state index in [0.29, 0.717) is 17.1 Å². The summed E-state index contributed by atoms with van der Waals surface area (Å²) in [4.78, 5) is 12.4. The number of aliphatic hydroxyl groups excluding tert-OH is 1. The molecule has 0 aromatic carbocycles. The third kappa shape index (κ3) is 1.78. The first kappa shape index (κ1) is 14.0. The summed E-state index contributed by atoms with van der Waals surface area (Å²) in [5.41, 5.74) is 1.82. The Morgan fingerprint density at radius 2 is 1.71 bits per heavy atom. The Kier molecular flexibility index (Phi) is 2.96. The molecular formula is C19H28O2. The molecule has 0 aromatic rings. The van der Waals surface area contributed by atoms with Crippen molar-refractivity contribution in [3.8, 4) is 0 Å². The van der Waals surface area contributed by atoms with Crippen LogP contribution in [0, 0.1) is 28.6 Å². The van der Waals surface area contributed by atoms with E-state index in [9.17, 15) is 9.90 Å². The fourth-order valence-electron chi connectivity index (χ4n) is 6.48. The highest BCUT2D eigenvalue weighted by Crippen LogP contribution is 2.64. The molecule has 0 saturated heterocycles. The van der Waals surface area contributed by atoms with Crippen molar-refractivity contribution in [3.63, 3.8) is 0 Å². The summed E-state index contributed by atoms with van der Waals surface area (Å²) in [6.07, 6.45) is 10.7. The number of carbonyl (C=O) groups excluding carboxylic acids is 1. The van der Waals surface area contributed by atoms with Gasteiger partial charge in [0.2, 0.25) is 0 Å². The normalized spacial score (nSPS) is 52.7. The van der Waals surface area contributed by atoms with Crippen LogP contribution in [0.4, 0.5) is 0 Å². The smallest absolute Gasteiger partial charge is 0.139 e. The van der Waals surface area contributed by atoms with Gasteiger partial charge in [0, 0.05) is 11.8 Å². The van der Waals surface area contributed by atoms with Crippen LogP contribution < -0.4 is 0 Å². The van der Waals surface area contributed by atoms with E-state index in [0.717, 1.165) is 50.4 Å². The number of carbonyl (C=O) groups is 1. The average molecular weight is 288 g/mol. The largest absolute Gasteiger partial charge is 0.389 e. The van der Waals surface area contributed by atoms with Crippen molar-refractivity contribution in [1.82, 2.24) is 0 Å². The van der Waals surface area contributed by atoms with E-state index in [4.69, 9.17) is 0 Å². The third-order valence-corrected chi connectivity index (χ3v) is 7.80. The predicted molar refractivity (Wildman–Crippen MR) is 82.7 cm³/mol. The summed E-state index contributed by atoms with van der Waals surface area (Å²) in [5.74, 6) is 2.66. The zero-order chi connectivity index (χ0) is 14.8. The number of Topliss-reactive ketones (excluding diaryl/α,β-unsaturated/α-hetero) is 1. The highest BCUT2D eigenvalue weighted by molar-refractivity contribution is 5.87. The number of ketones is 1. The minimum Gasteiger partial charge on any atom is -0.389 e. The molecule has 4 rings (SSSR count). The first-order valence-corrected chi connectivity index (χ1v) is 8.88. The summed E-state index contributed by atoms with van der Waals surface area (Å²) >= 11 is 0. The molecule has 4 aliphatic carbocycles. The summed E-state index contributed by atoms with van der Waals surface area (Å²) < 4.78 is 0. The number of hydrogen-bond acceptors (Lipinski definition) is 2. The fourth-order valence-corrected chi connectivity index (χ4v) is 6.48. The molecule has 0 spiro atoms. The van der Waals surface area contributed by atoms with Gasteiger partial charge in [-0.2, -0.15) is 0 Å². The van der Waals surface area contributed by atoms with Gasteiger partial charge in [-0.1, -0.05) is 25.5 Å². The van der Waals surface area contributed by atoms with Crippen molar-refractivity contribution in [2.24, 2.45) is 28.6 Å². The molecule has 3 saturated carbocycles. The monoisotopic (exact) mass is 288 g/mol. The van der Waals surface area contributed by atoms with Gasteiger partial charge in [0.1, 0.15) is 5.78 Å². The van der Waals surface area contributed by atoms with Crippen molar-refractivity contribution in [2.75, 3.05) is 0 Å². The van der Waals surface area contributed by atoms with Crippen LogP contribution in [0.25, 0.3) is 0 Å². The molecule has 4 unspecified atom stereocenters. The SMILES string of the molecule is C[C@]12CCC(O)C=C1CCC1C2CC[C@]2(C)C(=O)CCC12. The molecule has 0 heterocycles. The molecule has 116 valence electrons. The van der Waals surface area contributed by atoms with Crippen LogP contribution in [-0.2, 0) is 4.79 Å². The van der Waals surface area contributed by atoms with Crippen LogP contribution >= 0.6 is 0 Å². The van der Waals surface area contributed by atoms with E-state index >= 15 is 0 Å². The quantitative estimate of drug-likeness (QED) is 0.687. The lowest BCUT2D eigenvalue weighted by molar-refractivity contribution is -0.132. The molecule has 0 amide bonds. The van der Waals surface area contributed by atoms with Crippen LogP contribution in [0.15, 0.2) is 11.6 Å². The van der Waals surface area contributed by atoms with Crippen LogP contribution in [0.1, 0.15) is 65.2 Å². The Balaban J connectivity index is 1.69. The molecule has 0 aromatic heterocycles. The minimum absolute atomic E-state index is 0.00702. The van der Waals surface area contributed by atoms with Gasteiger partial charge in [-0.05, 0) is 68.1 Å². The molecule has 21 heavy (non-hydrogen) atoms. The lowest BCUT2D eigenvalue weighted by Crippen LogP contribution is -2.50. The maximum Gasteiger partial charge on any atom is 0.139 e. The first-order chi connectivity index (χ1) is 9.95. The van der Waals surface area contributed by atoms with E-state index in [1.807, 2.05) is 0 Å². The number of rotatable bonds is 0. The van der Waals surface area contributed by atoms with E-state index in [1.165, 1.54) is 18.4 Å². The van der Waals surface area contributed by atoms with Gasteiger partial charge in [0.25, 0.3) is 0 Å². The number of allylic oxidation sites excluding steroid dienone is 1. The Hall–Kier alpha value is -0.630. The lowest BCUT2D eigenvalue weighted by Gasteiger charge is -2.57. The topological polar surface area (TPSA) is 37.3 Å². The van der Waals surface area contributed by atoms with Gasteiger partial charge in [0.05, 0.1) is 6.10 Å². The van der Waals surface area contributed by atoms with Crippen molar-refractivity contribution in [3.05, 3.63) is 11.6 Å². The van der Waals surface area contributed by atoms with Crippen molar-refractivity contribution in [2.45, 2.75) is 71.3 Å². The molecule has 1 N–H and O–H groups in total. The maximum absolute atomic E-state index is 12.4. The maximum atomic E-state index is 12.4. The molecule has 0 radical (unpaired) electrons. The molecule has 2 heteroatoms. The highest BCUT2D eigenvalue weighted by Gasteiger charge is 2.58. The van der Waals surface area contributed by atoms with Gasteiger partial charge in [0.15, 0.2) is 0 Å². The van der Waals surface area contributed by atoms with Crippen LogP contribution in [0.2, 0.25) is 0 Å². The molecule has 0 aliphatic heterocycles. The highest BCUT2D eigenvalue weighted by atomic mass is 16.3. The number of fused-ring (bicyclic) bond motifs is 5. The summed E-state index contributed by atoms with van der Waals surface area (Å²) in [5, 5.41) is 9.96. The fraction of sp³-hybridized carbons (Fsp3) is 0.842. The Bertz CT molecular complexity index is 508. The predicted octanol–water partition coefficient (Wildman–Crippen LogP) is 3.88. The van der Waals surface area contributed by atoms with Gasteiger partial charge < -0.3 is 5.11 Å². The van der Waals surface area contributed by atoms with Crippen LogP contribution in [-0.4, -0.2) is 17.0 Å². The molecule has 3 fully saturated rings. The van der Waals surface area contributed by atoms with Crippen LogP contribution in [0.5, 0.6) is 0 Å². The summed E-state index contributed by atoms with van der Waals surface area (Å²) in [6, 6.07) is 0. The Labute approximate surface area is 128 Å². The summed E-state index contributed by atoms with van der Waals surface area (Å²) in [7, 11) is 0. The molecule has 2 nitrogen and oxygen atoms in total. The van der Waals surface area contributed by atoms with Gasteiger partial charge >= 0.3 is 0 Å². The third-order valence-electron chi connectivity index (χ3n) is 7.80. The minimum atomic E-state index is -0.216. The zero-order valence-corrected chi connectivity index (χ0v) is 13.4. The second-order valence-electron chi connectivity index (χ2n) is 8.55. The Morgan fingerprint density at radius 3 is 2.52 bits per heavy atom. The second kappa shape index (κ2) is 4.44. The van der Waals surface area contributed by atoms with Gasteiger partial charge in [-0.15, -0.1) is 0 Å². The van der Waals surface area contributed by atoms with Gasteiger partial charge in [-0.25, -0.2) is 0 Å². The summed E-state index contributed by atoms with van der Waals surface area (Å²) in [6.45, 7) is 4.70. The molecule has 6 atom stereocenters. The van der Waals surface area contributed by atoms with Crippen molar-refractivity contribution in [1.29, 1.82) is 0 Å². The first-order valence-electron chi connectivity index (χ1n) is 8.88.